The summed E-state index contributed by atoms with van der Waals surface area (Å²) in [6.45, 7) is 2.42. The van der Waals surface area contributed by atoms with Crippen LogP contribution in [0, 0.1) is 5.92 Å². The van der Waals surface area contributed by atoms with Crippen LogP contribution in [0.25, 0.3) is 0 Å². The Morgan fingerprint density at radius 2 is 1.47 bits per heavy atom. The molecule has 2 unspecified atom stereocenters. The summed E-state index contributed by atoms with van der Waals surface area (Å²) in [4.78, 5) is 0. The molecule has 0 aliphatic heterocycles. The number of rotatable bonds is 3. The lowest BCUT2D eigenvalue weighted by Crippen LogP contribution is -2.40. The quantitative estimate of drug-likeness (QED) is 0.758. The molecule has 2 saturated carbocycles. The molecule has 0 spiro atoms. The standard InChI is InChI=1S/C15H29NS/c1-12-4-3-5-13(7-6-12)16-14-8-10-15(17-2)11-9-14/h12-16H,3-11H2,1-2H3. The third-order valence-electron chi connectivity index (χ3n) is 4.74. The third-order valence-corrected chi connectivity index (χ3v) is 5.87. The van der Waals surface area contributed by atoms with Crippen LogP contribution in [0.3, 0.4) is 0 Å². The maximum absolute atomic E-state index is 3.95. The second kappa shape index (κ2) is 7.04. The minimum atomic E-state index is 0.829. The molecule has 17 heavy (non-hydrogen) atoms. The van der Waals surface area contributed by atoms with Gasteiger partial charge in [-0.05, 0) is 57.1 Å². The van der Waals surface area contributed by atoms with E-state index in [-0.39, 0.29) is 0 Å². The Morgan fingerprint density at radius 1 is 0.824 bits per heavy atom. The molecule has 0 saturated heterocycles. The number of thioether (sulfide) groups is 1. The fraction of sp³-hybridized carbons (Fsp3) is 1.00. The van der Waals surface area contributed by atoms with Crippen molar-refractivity contribution in [2.24, 2.45) is 5.92 Å². The minimum absolute atomic E-state index is 0.829. The molecule has 0 bridgehead atoms. The summed E-state index contributed by atoms with van der Waals surface area (Å²) in [6.07, 6.45) is 15.1. The summed E-state index contributed by atoms with van der Waals surface area (Å²) >= 11 is 2.07. The van der Waals surface area contributed by atoms with E-state index in [4.69, 9.17) is 0 Å². The first-order chi connectivity index (χ1) is 8.28. The first-order valence-electron chi connectivity index (χ1n) is 7.56. The Labute approximate surface area is 112 Å². The highest BCUT2D eigenvalue weighted by Crippen LogP contribution is 2.29. The van der Waals surface area contributed by atoms with Crippen molar-refractivity contribution < 1.29 is 0 Å². The maximum atomic E-state index is 3.95. The number of hydrogen-bond donors (Lipinski definition) is 1. The second-order valence-corrected chi connectivity index (χ2v) is 7.32. The molecule has 0 amide bonds. The van der Waals surface area contributed by atoms with E-state index in [0.717, 1.165) is 23.3 Å². The molecule has 0 radical (unpaired) electrons. The van der Waals surface area contributed by atoms with Crippen LogP contribution in [0.5, 0.6) is 0 Å². The van der Waals surface area contributed by atoms with E-state index in [1.165, 1.54) is 57.8 Å². The van der Waals surface area contributed by atoms with Gasteiger partial charge in [0.1, 0.15) is 0 Å². The van der Waals surface area contributed by atoms with Crippen molar-refractivity contribution in [2.75, 3.05) is 6.26 Å². The second-order valence-electron chi connectivity index (χ2n) is 6.19. The van der Waals surface area contributed by atoms with Crippen molar-refractivity contribution in [1.29, 1.82) is 0 Å². The van der Waals surface area contributed by atoms with Gasteiger partial charge in [0.2, 0.25) is 0 Å². The Kier molecular flexibility index (Phi) is 5.68. The van der Waals surface area contributed by atoms with Crippen LogP contribution in [0.15, 0.2) is 0 Å². The van der Waals surface area contributed by atoms with Gasteiger partial charge in [-0.15, -0.1) is 0 Å². The zero-order valence-electron chi connectivity index (χ0n) is 11.6. The van der Waals surface area contributed by atoms with Gasteiger partial charge >= 0.3 is 0 Å². The molecule has 1 nitrogen and oxygen atoms in total. The lowest BCUT2D eigenvalue weighted by atomic mass is 9.93. The average molecular weight is 255 g/mol. The van der Waals surface area contributed by atoms with Crippen molar-refractivity contribution in [1.82, 2.24) is 5.32 Å². The highest BCUT2D eigenvalue weighted by molar-refractivity contribution is 7.99. The largest absolute Gasteiger partial charge is 0.311 e. The van der Waals surface area contributed by atoms with Gasteiger partial charge in [0.25, 0.3) is 0 Å². The van der Waals surface area contributed by atoms with Gasteiger partial charge in [-0.1, -0.05) is 19.8 Å². The van der Waals surface area contributed by atoms with E-state index in [2.05, 4.69) is 30.3 Å². The van der Waals surface area contributed by atoms with Crippen LogP contribution >= 0.6 is 11.8 Å². The average Bonchev–Trinajstić information content (AvgIpc) is 2.56. The van der Waals surface area contributed by atoms with E-state index in [1.54, 1.807) is 0 Å². The summed E-state index contributed by atoms with van der Waals surface area (Å²) in [5.74, 6) is 0.967. The van der Waals surface area contributed by atoms with Gasteiger partial charge in [0, 0.05) is 17.3 Å². The lowest BCUT2D eigenvalue weighted by molar-refractivity contribution is 0.322. The Balaban J connectivity index is 1.70. The molecule has 2 rings (SSSR count). The molecule has 0 aromatic heterocycles. The predicted molar refractivity (Wildman–Crippen MR) is 78.7 cm³/mol. The zero-order valence-corrected chi connectivity index (χ0v) is 12.4. The zero-order chi connectivity index (χ0) is 12.1. The molecule has 2 atom stereocenters. The van der Waals surface area contributed by atoms with Gasteiger partial charge in [0.15, 0.2) is 0 Å². The monoisotopic (exact) mass is 255 g/mol. The van der Waals surface area contributed by atoms with Crippen LogP contribution in [-0.2, 0) is 0 Å². The van der Waals surface area contributed by atoms with Gasteiger partial charge in [-0.3, -0.25) is 0 Å². The Bertz CT molecular complexity index is 211. The topological polar surface area (TPSA) is 12.0 Å². The molecule has 0 heterocycles. The predicted octanol–water partition coefficient (Wildman–Crippen LogP) is 4.22. The van der Waals surface area contributed by atoms with Gasteiger partial charge in [0.05, 0.1) is 0 Å². The molecule has 2 heteroatoms. The van der Waals surface area contributed by atoms with Crippen LogP contribution in [0.1, 0.15) is 64.7 Å². The van der Waals surface area contributed by atoms with Crippen molar-refractivity contribution in [3.8, 4) is 0 Å². The maximum Gasteiger partial charge on any atom is 0.00704 e. The molecule has 0 aromatic rings. The van der Waals surface area contributed by atoms with Crippen molar-refractivity contribution >= 4 is 11.8 Å². The molecule has 2 fully saturated rings. The molecular weight excluding hydrogens is 226 g/mol. The molecule has 100 valence electrons. The molecule has 2 aliphatic rings. The fourth-order valence-electron chi connectivity index (χ4n) is 3.45. The van der Waals surface area contributed by atoms with E-state index in [0.29, 0.717) is 0 Å². The van der Waals surface area contributed by atoms with Crippen molar-refractivity contribution in [3.05, 3.63) is 0 Å². The van der Waals surface area contributed by atoms with E-state index >= 15 is 0 Å². The van der Waals surface area contributed by atoms with Crippen LogP contribution < -0.4 is 5.32 Å². The van der Waals surface area contributed by atoms with Crippen molar-refractivity contribution in [3.63, 3.8) is 0 Å². The van der Waals surface area contributed by atoms with Crippen LogP contribution in [0.2, 0.25) is 0 Å². The smallest absolute Gasteiger partial charge is 0.00704 e. The van der Waals surface area contributed by atoms with Gasteiger partial charge < -0.3 is 5.32 Å². The summed E-state index contributed by atoms with van der Waals surface area (Å²) in [5, 5.41) is 4.90. The first-order valence-corrected chi connectivity index (χ1v) is 8.85. The normalized spacial score (nSPS) is 39.9. The highest BCUT2D eigenvalue weighted by atomic mass is 32.2. The SMILES string of the molecule is CSC1CCC(NC2CCCC(C)CC2)CC1. The highest BCUT2D eigenvalue weighted by Gasteiger charge is 2.23. The third kappa shape index (κ3) is 4.48. The Hall–Kier alpha value is 0.310. The van der Waals surface area contributed by atoms with Gasteiger partial charge in [-0.2, -0.15) is 11.8 Å². The molecular formula is C15H29NS. The molecule has 0 aromatic carbocycles. The summed E-state index contributed by atoms with van der Waals surface area (Å²) in [5.41, 5.74) is 0. The van der Waals surface area contributed by atoms with E-state index < -0.39 is 0 Å². The molecule has 2 aliphatic carbocycles. The summed E-state index contributed by atoms with van der Waals surface area (Å²) < 4.78 is 0. The van der Waals surface area contributed by atoms with Crippen molar-refractivity contribution in [2.45, 2.75) is 82.0 Å². The first kappa shape index (κ1) is 13.7. The van der Waals surface area contributed by atoms with Crippen LogP contribution in [0.4, 0.5) is 0 Å². The number of hydrogen-bond acceptors (Lipinski definition) is 2. The van der Waals surface area contributed by atoms with E-state index in [9.17, 15) is 0 Å². The summed E-state index contributed by atoms with van der Waals surface area (Å²) in [6, 6.07) is 1.66. The minimum Gasteiger partial charge on any atom is -0.311 e. The summed E-state index contributed by atoms with van der Waals surface area (Å²) in [7, 11) is 0. The number of nitrogens with one attached hydrogen (secondary N) is 1. The van der Waals surface area contributed by atoms with Gasteiger partial charge in [-0.25, -0.2) is 0 Å². The lowest BCUT2D eigenvalue weighted by Gasteiger charge is -2.31. The van der Waals surface area contributed by atoms with Crippen LogP contribution in [-0.4, -0.2) is 23.6 Å². The van der Waals surface area contributed by atoms with E-state index in [1.807, 2.05) is 0 Å². The fourth-order valence-corrected chi connectivity index (χ4v) is 4.20. The Morgan fingerprint density at radius 3 is 2.18 bits per heavy atom. The molecule has 1 N–H and O–H groups in total.